The normalized spacial score (nSPS) is 13.1. The summed E-state index contributed by atoms with van der Waals surface area (Å²) in [6.07, 6.45) is 6.40. The van der Waals surface area contributed by atoms with E-state index in [2.05, 4.69) is 14.9 Å². The number of anilines is 1. The van der Waals surface area contributed by atoms with Crippen molar-refractivity contribution in [1.82, 2.24) is 19.9 Å². The summed E-state index contributed by atoms with van der Waals surface area (Å²) in [6.45, 7) is 2.59. The molecule has 1 aliphatic rings. The molecule has 6 heteroatoms. The third-order valence-electron chi connectivity index (χ3n) is 4.39. The molecule has 0 spiro atoms. The van der Waals surface area contributed by atoms with Crippen LogP contribution in [0.3, 0.4) is 0 Å². The molecule has 0 fully saturated rings. The fraction of sp³-hybridized carbons (Fsp3) is 0.333. The summed E-state index contributed by atoms with van der Waals surface area (Å²) >= 11 is 0. The zero-order valence-electron chi connectivity index (χ0n) is 13.9. The molecule has 3 aromatic rings. The van der Waals surface area contributed by atoms with E-state index in [0.717, 1.165) is 47.9 Å². The van der Waals surface area contributed by atoms with Crippen molar-refractivity contribution in [3.63, 3.8) is 0 Å². The number of fused-ring (bicyclic) bond motifs is 1. The summed E-state index contributed by atoms with van der Waals surface area (Å²) in [5.74, 6) is 2.52. The van der Waals surface area contributed by atoms with Gasteiger partial charge in [0.1, 0.15) is 17.3 Å². The number of hydrogen-bond donors (Lipinski definition) is 0. The van der Waals surface area contributed by atoms with E-state index in [1.807, 2.05) is 32.2 Å². The third kappa shape index (κ3) is 2.64. The molecule has 6 nitrogen and oxygen atoms in total. The molecule has 0 unspecified atom stereocenters. The van der Waals surface area contributed by atoms with Crippen molar-refractivity contribution in [3.8, 4) is 11.5 Å². The Morgan fingerprint density at radius 3 is 2.83 bits per heavy atom. The van der Waals surface area contributed by atoms with Gasteiger partial charge in [0.25, 0.3) is 0 Å². The van der Waals surface area contributed by atoms with Gasteiger partial charge in [-0.2, -0.15) is 0 Å². The van der Waals surface area contributed by atoms with Gasteiger partial charge in [0.15, 0.2) is 12.2 Å². The Kier molecular flexibility index (Phi) is 3.72. The Balaban J connectivity index is 1.74. The monoisotopic (exact) mass is 321 g/mol. The minimum Gasteiger partial charge on any atom is -0.446 e. The Labute approximate surface area is 140 Å². The van der Waals surface area contributed by atoms with Gasteiger partial charge in [-0.25, -0.2) is 15.0 Å². The maximum Gasteiger partial charge on any atom is 0.181 e. The molecule has 0 amide bonds. The quantitative estimate of drug-likeness (QED) is 0.736. The smallest absolute Gasteiger partial charge is 0.181 e. The first kappa shape index (κ1) is 14.8. The second-order valence-electron chi connectivity index (χ2n) is 6.08. The molecule has 0 aliphatic heterocycles. The number of nitrogens with zero attached hydrogens (tertiary/aromatic N) is 5. The van der Waals surface area contributed by atoms with Gasteiger partial charge in [-0.15, -0.1) is 0 Å². The Morgan fingerprint density at radius 2 is 2.08 bits per heavy atom. The van der Waals surface area contributed by atoms with E-state index in [1.165, 1.54) is 12.0 Å². The first-order valence-electron chi connectivity index (χ1n) is 8.13. The van der Waals surface area contributed by atoms with Gasteiger partial charge in [-0.3, -0.25) is 4.98 Å². The molecular weight excluding hydrogens is 302 g/mol. The summed E-state index contributed by atoms with van der Waals surface area (Å²) in [5.41, 5.74) is 4.10. The average Bonchev–Trinajstić information content (AvgIpc) is 3.24. The predicted molar refractivity (Wildman–Crippen MR) is 90.6 cm³/mol. The van der Waals surface area contributed by atoms with Gasteiger partial charge in [0.05, 0.1) is 12.2 Å². The zero-order valence-corrected chi connectivity index (χ0v) is 13.9. The number of oxazole rings is 1. The topological polar surface area (TPSA) is 67.9 Å². The standard InChI is InChI=1S/C18H19N5O/c1-12-16(24-11-20-12)10-23(2)18-13-6-5-8-14(13)21-17(22-18)15-7-3-4-9-19-15/h3-4,7,9,11H,5-6,8,10H2,1-2H3. The van der Waals surface area contributed by atoms with Gasteiger partial charge in [-0.05, 0) is 38.3 Å². The van der Waals surface area contributed by atoms with Crippen LogP contribution in [0.2, 0.25) is 0 Å². The Morgan fingerprint density at radius 1 is 1.17 bits per heavy atom. The van der Waals surface area contributed by atoms with Gasteiger partial charge in [-0.1, -0.05) is 6.07 Å². The van der Waals surface area contributed by atoms with Crippen LogP contribution < -0.4 is 4.90 Å². The fourth-order valence-electron chi connectivity index (χ4n) is 3.11. The molecule has 3 heterocycles. The summed E-state index contributed by atoms with van der Waals surface area (Å²) < 4.78 is 5.48. The minimum absolute atomic E-state index is 0.636. The predicted octanol–water partition coefficient (Wildman–Crippen LogP) is 2.96. The molecule has 0 radical (unpaired) electrons. The highest BCUT2D eigenvalue weighted by molar-refractivity contribution is 5.58. The maximum absolute atomic E-state index is 5.48. The van der Waals surface area contributed by atoms with Crippen LogP contribution >= 0.6 is 0 Å². The highest BCUT2D eigenvalue weighted by atomic mass is 16.3. The van der Waals surface area contributed by atoms with Crippen LogP contribution in [-0.2, 0) is 19.4 Å². The molecule has 122 valence electrons. The van der Waals surface area contributed by atoms with Crippen LogP contribution in [0, 0.1) is 6.92 Å². The largest absolute Gasteiger partial charge is 0.446 e. The van der Waals surface area contributed by atoms with E-state index >= 15 is 0 Å². The number of aryl methyl sites for hydroxylation is 2. The van der Waals surface area contributed by atoms with E-state index in [4.69, 9.17) is 14.4 Å². The van der Waals surface area contributed by atoms with Crippen molar-refractivity contribution in [2.75, 3.05) is 11.9 Å². The molecule has 0 saturated carbocycles. The molecule has 3 aromatic heterocycles. The molecule has 0 saturated heterocycles. The molecule has 24 heavy (non-hydrogen) atoms. The fourth-order valence-corrected chi connectivity index (χ4v) is 3.11. The Hall–Kier alpha value is -2.76. The van der Waals surface area contributed by atoms with E-state index in [-0.39, 0.29) is 0 Å². The minimum atomic E-state index is 0.636. The Bertz CT molecular complexity index is 859. The van der Waals surface area contributed by atoms with Crippen LogP contribution in [0.5, 0.6) is 0 Å². The van der Waals surface area contributed by atoms with Crippen LogP contribution in [0.4, 0.5) is 5.82 Å². The second kappa shape index (κ2) is 6.03. The zero-order chi connectivity index (χ0) is 16.5. The summed E-state index contributed by atoms with van der Waals surface area (Å²) in [4.78, 5) is 20.2. The first-order valence-corrected chi connectivity index (χ1v) is 8.13. The number of hydrogen-bond acceptors (Lipinski definition) is 6. The molecule has 0 bridgehead atoms. The molecule has 4 rings (SSSR count). The van der Waals surface area contributed by atoms with Gasteiger partial charge in [0, 0.05) is 24.5 Å². The molecular formula is C18H19N5O. The van der Waals surface area contributed by atoms with Gasteiger partial charge < -0.3 is 9.32 Å². The van der Waals surface area contributed by atoms with E-state index in [1.54, 1.807) is 6.20 Å². The van der Waals surface area contributed by atoms with Crippen molar-refractivity contribution < 1.29 is 4.42 Å². The van der Waals surface area contributed by atoms with E-state index in [0.29, 0.717) is 12.4 Å². The van der Waals surface area contributed by atoms with Crippen LogP contribution in [0.25, 0.3) is 11.5 Å². The lowest BCUT2D eigenvalue weighted by Gasteiger charge is -2.20. The van der Waals surface area contributed by atoms with Gasteiger partial charge in [0.2, 0.25) is 0 Å². The molecule has 0 aromatic carbocycles. The first-order chi connectivity index (χ1) is 11.7. The number of pyridine rings is 1. The third-order valence-corrected chi connectivity index (χ3v) is 4.39. The van der Waals surface area contributed by atoms with E-state index in [9.17, 15) is 0 Å². The SMILES string of the molecule is Cc1ncoc1CN(C)c1nc(-c2ccccn2)nc2c1CCC2. The lowest BCUT2D eigenvalue weighted by molar-refractivity contribution is 0.499. The summed E-state index contributed by atoms with van der Waals surface area (Å²) in [7, 11) is 2.03. The lowest BCUT2D eigenvalue weighted by Crippen LogP contribution is -2.20. The highest BCUT2D eigenvalue weighted by Gasteiger charge is 2.23. The van der Waals surface area contributed by atoms with Crippen molar-refractivity contribution in [1.29, 1.82) is 0 Å². The van der Waals surface area contributed by atoms with Crippen LogP contribution in [0.15, 0.2) is 35.2 Å². The lowest BCUT2D eigenvalue weighted by atomic mass is 10.2. The van der Waals surface area contributed by atoms with Crippen molar-refractivity contribution >= 4 is 5.82 Å². The van der Waals surface area contributed by atoms with Crippen molar-refractivity contribution in [2.24, 2.45) is 0 Å². The summed E-state index contributed by atoms with van der Waals surface area (Å²) in [6, 6.07) is 5.80. The number of rotatable bonds is 4. The average molecular weight is 321 g/mol. The highest BCUT2D eigenvalue weighted by Crippen LogP contribution is 2.31. The summed E-state index contributed by atoms with van der Waals surface area (Å²) in [5, 5.41) is 0. The molecule has 1 aliphatic carbocycles. The molecule has 0 N–H and O–H groups in total. The van der Waals surface area contributed by atoms with Gasteiger partial charge >= 0.3 is 0 Å². The van der Waals surface area contributed by atoms with Crippen molar-refractivity contribution in [2.45, 2.75) is 32.7 Å². The van der Waals surface area contributed by atoms with Crippen LogP contribution in [0.1, 0.15) is 29.1 Å². The van der Waals surface area contributed by atoms with Crippen molar-refractivity contribution in [3.05, 3.63) is 53.5 Å². The second-order valence-corrected chi connectivity index (χ2v) is 6.08. The maximum atomic E-state index is 5.48. The van der Waals surface area contributed by atoms with Crippen LogP contribution in [-0.4, -0.2) is 27.0 Å². The van der Waals surface area contributed by atoms with E-state index < -0.39 is 0 Å². The molecule has 0 atom stereocenters. The number of aromatic nitrogens is 4.